The Labute approximate surface area is 243 Å². The summed E-state index contributed by atoms with van der Waals surface area (Å²) in [5.41, 5.74) is 2.07. The molecule has 0 atom stereocenters. The van der Waals surface area contributed by atoms with Crippen LogP contribution in [0.4, 0.5) is 22.2 Å². The molecule has 224 valence electrons. The van der Waals surface area contributed by atoms with Crippen molar-refractivity contribution in [2.75, 3.05) is 43.7 Å². The molecule has 3 rings (SSSR count). The van der Waals surface area contributed by atoms with E-state index in [1.54, 1.807) is 48.7 Å². The highest BCUT2D eigenvalue weighted by Gasteiger charge is 2.19. The van der Waals surface area contributed by atoms with Gasteiger partial charge in [0.25, 0.3) is 10.1 Å². The van der Waals surface area contributed by atoms with Crippen molar-refractivity contribution < 1.29 is 22.1 Å². The molecule has 0 aliphatic rings. The first-order valence-electron chi connectivity index (χ1n) is 13.3. The minimum Gasteiger partial charge on any atom is -0.444 e. The van der Waals surface area contributed by atoms with Crippen molar-refractivity contribution in [3.05, 3.63) is 54.6 Å². The molecule has 41 heavy (non-hydrogen) atoms. The summed E-state index contributed by atoms with van der Waals surface area (Å²) in [6.45, 7) is 10.7. The number of hydrogen-bond acceptors (Lipinski definition) is 11. The van der Waals surface area contributed by atoms with E-state index in [9.17, 15) is 13.2 Å². The lowest BCUT2D eigenvalue weighted by atomic mass is 10.2. The predicted molar refractivity (Wildman–Crippen MR) is 161 cm³/mol. The zero-order valence-electron chi connectivity index (χ0n) is 25.1. The van der Waals surface area contributed by atoms with Gasteiger partial charge in [0.2, 0.25) is 5.95 Å². The number of nitrogens with zero attached hydrogens (tertiary/aromatic N) is 6. The van der Waals surface area contributed by atoms with Gasteiger partial charge in [-0.05, 0) is 57.5 Å². The van der Waals surface area contributed by atoms with Crippen LogP contribution in [0.5, 0.6) is 0 Å². The molecular formula is C28H41N7O5S. The van der Waals surface area contributed by atoms with E-state index in [1.165, 1.54) is 0 Å². The SMILES string of the molecule is CC.CN(CCCN(C)c1ccc(-c2ccnc(Nc3ccnc(COS(C)(=O)=O)c3)n2)cn1)C(=O)OC(C)(C)C. The van der Waals surface area contributed by atoms with Gasteiger partial charge in [0, 0.05) is 57.0 Å². The molecule has 3 heterocycles. The number of amides is 1. The van der Waals surface area contributed by atoms with Gasteiger partial charge in [0.15, 0.2) is 0 Å². The van der Waals surface area contributed by atoms with Crippen LogP contribution < -0.4 is 10.2 Å². The standard InChI is InChI=1S/C26H35N7O5S.C2H6/c1-26(2,3)38-25(34)33(5)15-7-14-32(4)23-9-8-19(17-29-23)22-11-13-28-24(31-22)30-20-10-12-27-21(16-20)18-37-39(6,35)36;1-2/h8-13,16-17H,7,14-15,18H2,1-6H3,(H,27,28,30,31);1-2H3. The highest BCUT2D eigenvalue weighted by molar-refractivity contribution is 7.85. The van der Waals surface area contributed by atoms with E-state index in [2.05, 4.69) is 25.3 Å². The Hall–Kier alpha value is -3.84. The zero-order valence-corrected chi connectivity index (χ0v) is 25.9. The van der Waals surface area contributed by atoms with Gasteiger partial charge in [-0.3, -0.25) is 9.17 Å². The van der Waals surface area contributed by atoms with Crippen LogP contribution in [0.3, 0.4) is 0 Å². The normalized spacial score (nSPS) is 11.2. The van der Waals surface area contributed by atoms with Crippen LogP contribution in [0, 0.1) is 0 Å². The number of aromatic nitrogens is 4. The number of rotatable bonds is 11. The largest absolute Gasteiger partial charge is 0.444 e. The van der Waals surface area contributed by atoms with Crippen molar-refractivity contribution in [1.82, 2.24) is 24.8 Å². The molecule has 0 spiro atoms. The Bertz CT molecular complexity index is 1360. The molecule has 12 nitrogen and oxygen atoms in total. The Morgan fingerprint density at radius 1 is 1.00 bits per heavy atom. The summed E-state index contributed by atoms with van der Waals surface area (Å²) in [6, 6.07) is 9.02. The number of anilines is 3. The van der Waals surface area contributed by atoms with Crippen LogP contribution in [0.15, 0.2) is 48.9 Å². The fraction of sp³-hybridized carbons (Fsp3) is 0.464. The highest BCUT2D eigenvalue weighted by atomic mass is 32.2. The highest BCUT2D eigenvalue weighted by Crippen LogP contribution is 2.21. The summed E-state index contributed by atoms with van der Waals surface area (Å²) in [6.07, 6.45) is 6.34. The monoisotopic (exact) mass is 587 g/mol. The van der Waals surface area contributed by atoms with Crippen molar-refractivity contribution in [3.63, 3.8) is 0 Å². The van der Waals surface area contributed by atoms with Gasteiger partial charge in [-0.15, -0.1) is 0 Å². The van der Waals surface area contributed by atoms with E-state index >= 15 is 0 Å². The summed E-state index contributed by atoms with van der Waals surface area (Å²) in [5.74, 6) is 1.16. The summed E-state index contributed by atoms with van der Waals surface area (Å²) in [7, 11) is 0.111. The van der Waals surface area contributed by atoms with E-state index in [4.69, 9.17) is 8.92 Å². The first kappa shape index (κ1) is 33.4. The van der Waals surface area contributed by atoms with Gasteiger partial charge in [-0.1, -0.05) is 13.8 Å². The second-order valence-electron chi connectivity index (χ2n) is 9.97. The molecular weight excluding hydrogens is 546 g/mol. The molecule has 0 radical (unpaired) electrons. The molecule has 0 bridgehead atoms. The van der Waals surface area contributed by atoms with Crippen molar-refractivity contribution in [3.8, 4) is 11.3 Å². The van der Waals surface area contributed by atoms with Crippen molar-refractivity contribution in [1.29, 1.82) is 0 Å². The predicted octanol–water partition coefficient (Wildman–Crippen LogP) is 4.87. The molecule has 13 heteroatoms. The topological polar surface area (TPSA) is 140 Å². The molecule has 0 aromatic carbocycles. The van der Waals surface area contributed by atoms with Gasteiger partial charge >= 0.3 is 6.09 Å². The average Bonchev–Trinajstić information content (AvgIpc) is 2.92. The lowest BCUT2D eigenvalue weighted by molar-refractivity contribution is 0.0298. The van der Waals surface area contributed by atoms with Gasteiger partial charge in [-0.25, -0.2) is 19.7 Å². The Morgan fingerprint density at radius 2 is 1.71 bits per heavy atom. The van der Waals surface area contributed by atoms with Gasteiger partial charge in [-0.2, -0.15) is 8.42 Å². The second kappa shape index (κ2) is 15.2. The van der Waals surface area contributed by atoms with Crippen LogP contribution in [0.25, 0.3) is 11.3 Å². The molecule has 0 aliphatic heterocycles. The maximum Gasteiger partial charge on any atom is 0.410 e. The molecule has 0 unspecified atom stereocenters. The minimum absolute atomic E-state index is 0.165. The summed E-state index contributed by atoms with van der Waals surface area (Å²) in [5, 5.41) is 3.10. The molecule has 0 saturated carbocycles. The number of carbonyl (C=O) groups excluding carboxylic acids is 1. The Morgan fingerprint density at radius 3 is 2.34 bits per heavy atom. The third kappa shape index (κ3) is 12.1. The van der Waals surface area contributed by atoms with E-state index < -0.39 is 15.7 Å². The zero-order chi connectivity index (χ0) is 30.6. The number of nitrogens with one attached hydrogen (secondary N) is 1. The maximum atomic E-state index is 12.1. The molecule has 1 amide bonds. The number of hydrogen-bond donors (Lipinski definition) is 1. The molecule has 0 fully saturated rings. The quantitative estimate of drug-likeness (QED) is 0.307. The smallest absolute Gasteiger partial charge is 0.410 e. The lowest BCUT2D eigenvalue weighted by Crippen LogP contribution is -2.35. The Kier molecular flexibility index (Phi) is 12.4. The van der Waals surface area contributed by atoms with E-state index in [0.29, 0.717) is 36.1 Å². The third-order valence-corrected chi connectivity index (χ3v) is 5.82. The molecule has 0 saturated heterocycles. The van der Waals surface area contributed by atoms with Gasteiger partial charge < -0.3 is 19.9 Å². The van der Waals surface area contributed by atoms with Crippen LogP contribution in [0.1, 0.15) is 46.7 Å². The first-order valence-corrected chi connectivity index (χ1v) is 15.1. The van der Waals surface area contributed by atoms with Crippen molar-refractivity contribution >= 4 is 33.7 Å². The third-order valence-electron chi connectivity index (χ3n) is 5.28. The fourth-order valence-electron chi connectivity index (χ4n) is 3.37. The van der Waals surface area contributed by atoms with Crippen LogP contribution in [-0.4, -0.2) is 78.4 Å². The van der Waals surface area contributed by atoms with E-state index in [0.717, 1.165) is 24.1 Å². The maximum absolute atomic E-state index is 12.1. The van der Waals surface area contributed by atoms with Crippen LogP contribution in [0.2, 0.25) is 0 Å². The molecule has 0 aliphatic carbocycles. The Balaban J connectivity index is 0.00000287. The fourth-order valence-corrected chi connectivity index (χ4v) is 3.70. The summed E-state index contributed by atoms with van der Waals surface area (Å²) in [4.78, 5) is 33.2. The van der Waals surface area contributed by atoms with Crippen LogP contribution in [-0.2, 0) is 25.6 Å². The summed E-state index contributed by atoms with van der Waals surface area (Å²) >= 11 is 0. The van der Waals surface area contributed by atoms with Crippen molar-refractivity contribution in [2.45, 2.75) is 53.2 Å². The second-order valence-corrected chi connectivity index (χ2v) is 11.6. The molecule has 3 aromatic heterocycles. The van der Waals surface area contributed by atoms with Gasteiger partial charge in [0.1, 0.15) is 18.0 Å². The van der Waals surface area contributed by atoms with Gasteiger partial charge in [0.05, 0.1) is 17.6 Å². The minimum atomic E-state index is -3.57. The number of ether oxygens (including phenoxy) is 1. The number of carbonyl (C=O) groups is 1. The van der Waals surface area contributed by atoms with E-state index in [-0.39, 0.29) is 12.7 Å². The lowest BCUT2D eigenvalue weighted by Gasteiger charge is -2.25. The van der Waals surface area contributed by atoms with E-state index in [1.807, 2.05) is 58.7 Å². The molecule has 1 N–H and O–H groups in total. The first-order chi connectivity index (χ1) is 19.3. The molecule has 3 aromatic rings. The van der Waals surface area contributed by atoms with Crippen molar-refractivity contribution in [2.24, 2.45) is 0 Å². The summed E-state index contributed by atoms with van der Waals surface area (Å²) < 4.78 is 32.6. The number of pyridine rings is 2. The average molecular weight is 588 g/mol. The van der Waals surface area contributed by atoms with Crippen LogP contribution >= 0.6 is 0 Å².